The van der Waals surface area contributed by atoms with Crippen LogP contribution in [0.2, 0.25) is 0 Å². The average Bonchev–Trinajstić information content (AvgIpc) is 2.55. The molecule has 0 bridgehead atoms. The minimum absolute atomic E-state index is 0.0215. The Labute approximate surface area is 138 Å². The van der Waals surface area contributed by atoms with Gasteiger partial charge < -0.3 is 4.98 Å². The standard InChI is InChI=1S/C18H11F4NO2/c1-9-12(4-10(8-24)5-15(9)19)11-2-3-16-13(6-11)14(18(20,21)22)7-17(25)23-16/h2-8H,1H3,(H,23,25). The van der Waals surface area contributed by atoms with Crippen LogP contribution in [0.25, 0.3) is 22.0 Å². The number of carbonyl (C=O) groups is 1. The molecule has 0 spiro atoms. The average molecular weight is 349 g/mol. The summed E-state index contributed by atoms with van der Waals surface area (Å²) in [6.07, 6.45) is -4.25. The van der Waals surface area contributed by atoms with E-state index < -0.39 is 23.1 Å². The first-order valence-corrected chi connectivity index (χ1v) is 7.20. The van der Waals surface area contributed by atoms with Gasteiger partial charge in [0.15, 0.2) is 0 Å². The highest BCUT2D eigenvalue weighted by atomic mass is 19.4. The van der Waals surface area contributed by atoms with E-state index in [1.807, 2.05) is 0 Å². The molecule has 1 aromatic heterocycles. The van der Waals surface area contributed by atoms with Crippen molar-refractivity contribution in [2.24, 2.45) is 0 Å². The van der Waals surface area contributed by atoms with Gasteiger partial charge in [-0.1, -0.05) is 6.07 Å². The van der Waals surface area contributed by atoms with Gasteiger partial charge in [-0.25, -0.2) is 4.39 Å². The molecular formula is C18H11F4NO2. The highest BCUT2D eigenvalue weighted by molar-refractivity contribution is 5.89. The molecule has 2 aromatic carbocycles. The lowest BCUT2D eigenvalue weighted by molar-refractivity contribution is -0.136. The number of H-pyrrole nitrogens is 1. The van der Waals surface area contributed by atoms with Crippen molar-refractivity contribution < 1.29 is 22.4 Å². The third-order valence-electron chi connectivity index (χ3n) is 3.96. The van der Waals surface area contributed by atoms with Gasteiger partial charge in [-0.05, 0) is 47.9 Å². The van der Waals surface area contributed by atoms with Crippen LogP contribution < -0.4 is 5.56 Å². The van der Waals surface area contributed by atoms with Crippen LogP contribution in [-0.2, 0) is 6.18 Å². The lowest BCUT2D eigenvalue weighted by atomic mass is 9.95. The number of hydrogen-bond acceptors (Lipinski definition) is 2. The SMILES string of the molecule is Cc1c(F)cc(C=O)cc1-c1ccc2[nH]c(=O)cc(C(F)(F)F)c2c1. The van der Waals surface area contributed by atoms with E-state index in [0.29, 0.717) is 23.5 Å². The van der Waals surface area contributed by atoms with E-state index in [4.69, 9.17) is 0 Å². The van der Waals surface area contributed by atoms with Crippen molar-refractivity contribution in [1.82, 2.24) is 4.98 Å². The van der Waals surface area contributed by atoms with Crippen LogP contribution in [0, 0.1) is 12.7 Å². The smallest absolute Gasteiger partial charge is 0.322 e. The molecule has 7 heteroatoms. The Kier molecular flexibility index (Phi) is 3.94. The molecule has 25 heavy (non-hydrogen) atoms. The number of halogens is 4. The first-order valence-electron chi connectivity index (χ1n) is 7.20. The summed E-state index contributed by atoms with van der Waals surface area (Å²) in [5.41, 5.74) is -1.00. The summed E-state index contributed by atoms with van der Waals surface area (Å²) in [6.45, 7) is 1.47. The molecule has 3 aromatic rings. The second-order valence-corrected chi connectivity index (χ2v) is 5.60. The minimum Gasteiger partial charge on any atom is -0.322 e. The van der Waals surface area contributed by atoms with Gasteiger partial charge in [0, 0.05) is 22.5 Å². The number of aromatic nitrogens is 1. The van der Waals surface area contributed by atoms with Gasteiger partial charge >= 0.3 is 6.18 Å². The maximum atomic E-state index is 14.0. The summed E-state index contributed by atoms with van der Waals surface area (Å²) in [6, 6.07) is 6.98. The fraction of sp³-hybridized carbons (Fsp3) is 0.111. The van der Waals surface area contributed by atoms with Crippen LogP contribution in [0.3, 0.4) is 0 Å². The summed E-state index contributed by atoms with van der Waals surface area (Å²) in [7, 11) is 0. The second-order valence-electron chi connectivity index (χ2n) is 5.60. The Morgan fingerprint density at radius 1 is 1.08 bits per heavy atom. The minimum atomic E-state index is -4.71. The monoisotopic (exact) mass is 349 g/mol. The lowest BCUT2D eigenvalue weighted by Gasteiger charge is -2.13. The van der Waals surface area contributed by atoms with Gasteiger partial charge in [0.05, 0.1) is 5.56 Å². The molecule has 0 amide bonds. The van der Waals surface area contributed by atoms with Crippen LogP contribution >= 0.6 is 0 Å². The molecule has 0 fully saturated rings. The van der Waals surface area contributed by atoms with Crippen molar-refractivity contribution in [2.75, 3.05) is 0 Å². The van der Waals surface area contributed by atoms with Crippen LogP contribution in [0.1, 0.15) is 21.5 Å². The molecule has 0 aliphatic rings. The number of alkyl halides is 3. The molecule has 0 aliphatic carbocycles. The summed E-state index contributed by atoms with van der Waals surface area (Å²) < 4.78 is 53.7. The highest BCUT2D eigenvalue weighted by Gasteiger charge is 2.33. The maximum Gasteiger partial charge on any atom is 0.417 e. The van der Waals surface area contributed by atoms with E-state index >= 15 is 0 Å². The van der Waals surface area contributed by atoms with Crippen LogP contribution in [0.4, 0.5) is 17.6 Å². The third kappa shape index (κ3) is 3.05. The molecule has 0 atom stereocenters. The number of fused-ring (bicyclic) bond motifs is 1. The quantitative estimate of drug-likeness (QED) is 0.548. The van der Waals surface area contributed by atoms with E-state index in [2.05, 4.69) is 4.98 Å². The van der Waals surface area contributed by atoms with E-state index in [1.165, 1.54) is 31.2 Å². The molecule has 1 N–H and O–H groups in total. The van der Waals surface area contributed by atoms with Gasteiger partial charge in [-0.15, -0.1) is 0 Å². The Hall–Kier alpha value is -2.96. The van der Waals surface area contributed by atoms with Gasteiger partial charge in [-0.3, -0.25) is 9.59 Å². The van der Waals surface area contributed by atoms with Gasteiger partial charge in [0.1, 0.15) is 12.1 Å². The number of nitrogens with one attached hydrogen (secondary N) is 1. The molecule has 128 valence electrons. The van der Waals surface area contributed by atoms with Crippen molar-refractivity contribution in [3.05, 3.63) is 69.3 Å². The van der Waals surface area contributed by atoms with E-state index in [-0.39, 0.29) is 22.0 Å². The van der Waals surface area contributed by atoms with E-state index in [0.717, 1.165) is 6.07 Å². The number of pyridine rings is 1. The first-order chi connectivity index (χ1) is 11.7. The van der Waals surface area contributed by atoms with Crippen molar-refractivity contribution in [2.45, 2.75) is 13.1 Å². The molecule has 0 aliphatic heterocycles. The predicted octanol–water partition coefficient (Wildman–Crippen LogP) is 4.47. The highest BCUT2D eigenvalue weighted by Crippen LogP contribution is 2.36. The zero-order valence-electron chi connectivity index (χ0n) is 12.9. The summed E-state index contributed by atoms with van der Waals surface area (Å²) in [4.78, 5) is 24.7. The molecular weight excluding hydrogens is 338 g/mol. The summed E-state index contributed by atoms with van der Waals surface area (Å²) >= 11 is 0. The molecule has 0 unspecified atom stereocenters. The molecule has 3 nitrogen and oxygen atoms in total. The fourth-order valence-corrected chi connectivity index (χ4v) is 2.72. The number of rotatable bonds is 2. The largest absolute Gasteiger partial charge is 0.417 e. The zero-order chi connectivity index (χ0) is 18.4. The first kappa shape index (κ1) is 16.9. The summed E-state index contributed by atoms with van der Waals surface area (Å²) in [5.74, 6) is -0.628. The van der Waals surface area contributed by atoms with Crippen molar-refractivity contribution >= 4 is 17.2 Å². The molecule has 0 radical (unpaired) electrons. The molecule has 0 saturated carbocycles. The van der Waals surface area contributed by atoms with Gasteiger partial charge in [0.25, 0.3) is 0 Å². The molecule has 3 rings (SSSR count). The third-order valence-corrected chi connectivity index (χ3v) is 3.96. The van der Waals surface area contributed by atoms with Crippen molar-refractivity contribution in [1.29, 1.82) is 0 Å². The Morgan fingerprint density at radius 2 is 1.80 bits per heavy atom. The normalized spacial score (nSPS) is 11.7. The number of carbonyl (C=O) groups excluding carboxylic acids is 1. The van der Waals surface area contributed by atoms with Crippen LogP contribution in [0.5, 0.6) is 0 Å². The van der Waals surface area contributed by atoms with E-state index in [9.17, 15) is 27.2 Å². The van der Waals surface area contributed by atoms with Crippen molar-refractivity contribution in [3.8, 4) is 11.1 Å². The topological polar surface area (TPSA) is 49.9 Å². The van der Waals surface area contributed by atoms with Crippen molar-refractivity contribution in [3.63, 3.8) is 0 Å². The van der Waals surface area contributed by atoms with Gasteiger partial charge in [0.2, 0.25) is 5.56 Å². The Bertz CT molecular complexity index is 1050. The van der Waals surface area contributed by atoms with E-state index in [1.54, 1.807) is 0 Å². The number of benzene rings is 2. The predicted molar refractivity (Wildman–Crippen MR) is 85.1 cm³/mol. The Balaban J connectivity index is 2.34. The van der Waals surface area contributed by atoms with Crippen LogP contribution in [0.15, 0.2) is 41.2 Å². The lowest BCUT2D eigenvalue weighted by Crippen LogP contribution is -2.13. The summed E-state index contributed by atoms with van der Waals surface area (Å²) in [5, 5.41) is -0.207. The second kappa shape index (κ2) is 5.84. The Morgan fingerprint density at radius 3 is 2.44 bits per heavy atom. The number of hydrogen-bond donors (Lipinski definition) is 1. The van der Waals surface area contributed by atoms with Crippen LogP contribution in [-0.4, -0.2) is 11.3 Å². The maximum absolute atomic E-state index is 14.0. The van der Waals surface area contributed by atoms with Gasteiger partial charge in [-0.2, -0.15) is 13.2 Å². The molecule has 1 heterocycles. The molecule has 0 saturated heterocycles. The zero-order valence-corrected chi connectivity index (χ0v) is 12.9. The number of aromatic amines is 1. The number of aldehydes is 1. The fourth-order valence-electron chi connectivity index (χ4n) is 2.72.